The predicted molar refractivity (Wildman–Crippen MR) is 80.1 cm³/mol. The number of nitrogens with zero attached hydrogens (tertiary/aromatic N) is 2. The largest absolute Gasteiger partial charge is 0.486 e. The molecule has 1 amide bonds. The Labute approximate surface area is 125 Å². The van der Waals surface area contributed by atoms with Crippen molar-refractivity contribution < 1.29 is 14.3 Å². The molecule has 3 rings (SSSR count). The standard InChI is InChI=1S/C16H22N2O3/c1-17(8-9-18-6-2-3-7-18)16(19)13-4-5-14-15(12-13)21-11-10-20-14/h4-5,12H,2-3,6-11H2,1H3. The summed E-state index contributed by atoms with van der Waals surface area (Å²) in [4.78, 5) is 16.6. The maximum absolute atomic E-state index is 12.4. The Hall–Kier alpha value is -1.75. The van der Waals surface area contributed by atoms with Gasteiger partial charge in [0.25, 0.3) is 5.91 Å². The van der Waals surface area contributed by atoms with Crippen LogP contribution < -0.4 is 9.47 Å². The summed E-state index contributed by atoms with van der Waals surface area (Å²) in [7, 11) is 1.86. The normalized spacial score (nSPS) is 17.8. The number of rotatable bonds is 4. The number of likely N-dealkylation sites (N-methyl/N-ethyl adjacent to an activating group) is 1. The van der Waals surface area contributed by atoms with Crippen molar-refractivity contribution in [2.24, 2.45) is 0 Å². The summed E-state index contributed by atoms with van der Waals surface area (Å²) in [5.41, 5.74) is 0.656. The number of carbonyl (C=O) groups excluding carboxylic acids is 1. The number of benzene rings is 1. The van der Waals surface area contributed by atoms with Crippen molar-refractivity contribution >= 4 is 5.91 Å². The van der Waals surface area contributed by atoms with E-state index in [4.69, 9.17) is 9.47 Å². The Bertz CT molecular complexity index is 512. The molecule has 0 aliphatic carbocycles. The average Bonchev–Trinajstić information content (AvgIpc) is 3.05. The zero-order valence-corrected chi connectivity index (χ0v) is 12.5. The first kappa shape index (κ1) is 14.2. The average molecular weight is 290 g/mol. The van der Waals surface area contributed by atoms with Gasteiger partial charge in [-0.15, -0.1) is 0 Å². The van der Waals surface area contributed by atoms with Crippen LogP contribution in [0.3, 0.4) is 0 Å². The summed E-state index contributed by atoms with van der Waals surface area (Å²) < 4.78 is 11.0. The van der Waals surface area contributed by atoms with Crippen molar-refractivity contribution in [2.45, 2.75) is 12.8 Å². The van der Waals surface area contributed by atoms with Gasteiger partial charge in [-0.1, -0.05) is 0 Å². The molecular weight excluding hydrogens is 268 g/mol. The van der Waals surface area contributed by atoms with E-state index in [1.807, 2.05) is 19.2 Å². The first-order valence-electron chi connectivity index (χ1n) is 7.61. The Kier molecular flexibility index (Phi) is 4.29. The fourth-order valence-electron chi connectivity index (χ4n) is 2.80. The van der Waals surface area contributed by atoms with E-state index >= 15 is 0 Å². The molecule has 1 aromatic rings. The van der Waals surface area contributed by atoms with Crippen LogP contribution in [0.1, 0.15) is 23.2 Å². The zero-order valence-electron chi connectivity index (χ0n) is 12.5. The number of likely N-dealkylation sites (tertiary alicyclic amines) is 1. The minimum absolute atomic E-state index is 0.0335. The summed E-state index contributed by atoms with van der Waals surface area (Å²) in [5, 5.41) is 0. The minimum atomic E-state index is 0.0335. The Morgan fingerprint density at radius 2 is 1.90 bits per heavy atom. The van der Waals surface area contributed by atoms with E-state index in [1.165, 1.54) is 12.8 Å². The first-order valence-corrected chi connectivity index (χ1v) is 7.61. The third kappa shape index (κ3) is 3.29. The highest BCUT2D eigenvalue weighted by atomic mass is 16.6. The summed E-state index contributed by atoms with van der Waals surface area (Å²) in [6.07, 6.45) is 2.56. The fourth-order valence-corrected chi connectivity index (χ4v) is 2.80. The highest BCUT2D eigenvalue weighted by molar-refractivity contribution is 5.94. The minimum Gasteiger partial charge on any atom is -0.486 e. The molecule has 0 bridgehead atoms. The maximum Gasteiger partial charge on any atom is 0.253 e. The fraction of sp³-hybridized carbons (Fsp3) is 0.562. The molecule has 1 fully saturated rings. The number of carbonyl (C=O) groups is 1. The smallest absolute Gasteiger partial charge is 0.253 e. The molecule has 0 atom stereocenters. The lowest BCUT2D eigenvalue weighted by Gasteiger charge is -2.23. The van der Waals surface area contributed by atoms with Gasteiger partial charge in [0, 0.05) is 25.7 Å². The van der Waals surface area contributed by atoms with Gasteiger partial charge in [0.15, 0.2) is 11.5 Å². The van der Waals surface area contributed by atoms with Gasteiger partial charge in [-0.3, -0.25) is 4.79 Å². The van der Waals surface area contributed by atoms with Crippen molar-refractivity contribution in [3.8, 4) is 11.5 Å². The highest BCUT2D eigenvalue weighted by Gasteiger charge is 2.18. The molecule has 5 nitrogen and oxygen atoms in total. The Morgan fingerprint density at radius 1 is 1.19 bits per heavy atom. The predicted octanol–water partition coefficient (Wildman–Crippen LogP) is 1.63. The molecule has 2 aliphatic heterocycles. The van der Waals surface area contributed by atoms with Crippen molar-refractivity contribution in [1.29, 1.82) is 0 Å². The van der Waals surface area contributed by atoms with Crippen molar-refractivity contribution in [3.63, 3.8) is 0 Å². The van der Waals surface area contributed by atoms with Crippen molar-refractivity contribution in [3.05, 3.63) is 23.8 Å². The van der Waals surface area contributed by atoms with E-state index in [0.717, 1.165) is 31.9 Å². The molecule has 0 aromatic heterocycles. The summed E-state index contributed by atoms with van der Waals surface area (Å²) in [6.45, 7) is 5.13. The molecule has 21 heavy (non-hydrogen) atoms. The van der Waals surface area contributed by atoms with Crippen LogP contribution in [-0.2, 0) is 0 Å². The molecule has 0 radical (unpaired) electrons. The van der Waals surface area contributed by atoms with Gasteiger partial charge in [0.05, 0.1) is 0 Å². The maximum atomic E-state index is 12.4. The molecule has 2 aliphatic rings. The number of ether oxygens (including phenoxy) is 2. The molecule has 0 unspecified atom stereocenters. The lowest BCUT2D eigenvalue weighted by atomic mass is 10.1. The molecule has 5 heteroatoms. The number of hydrogen-bond donors (Lipinski definition) is 0. The van der Waals surface area contributed by atoms with Crippen LogP contribution in [0.4, 0.5) is 0 Å². The van der Waals surface area contributed by atoms with E-state index in [0.29, 0.717) is 24.5 Å². The van der Waals surface area contributed by atoms with E-state index < -0.39 is 0 Å². The van der Waals surface area contributed by atoms with Gasteiger partial charge < -0.3 is 19.3 Å². The SMILES string of the molecule is CN(CCN1CCCC1)C(=O)c1ccc2c(c1)OCCO2. The highest BCUT2D eigenvalue weighted by Crippen LogP contribution is 2.31. The lowest BCUT2D eigenvalue weighted by molar-refractivity contribution is 0.0781. The third-order valence-electron chi connectivity index (χ3n) is 4.09. The zero-order chi connectivity index (χ0) is 14.7. The molecule has 0 spiro atoms. The van der Waals surface area contributed by atoms with Crippen molar-refractivity contribution in [1.82, 2.24) is 9.80 Å². The van der Waals surface area contributed by atoms with Crippen LogP contribution in [0.25, 0.3) is 0 Å². The second kappa shape index (κ2) is 6.35. The number of hydrogen-bond acceptors (Lipinski definition) is 4. The van der Waals surface area contributed by atoms with Gasteiger partial charge in [0.1, 0.15) is 13.2 Å². The Morgan fingerprint density at radius 3 is 2.67 bits per heavy atom. The van der Waals surface area contributed by atoms with Gasteiger partial charge in [-0.05, 0) is 44.1 Å². The number of fused-ring (bicyclic) bond motifs is 1. The molecule has 114 valence electrons. The molecule has 0 saturated carbocycles. The van der Waals surface area contributed by atoms with Crippen LogP contribution in [0.2, 0.25) is 0 Å². The van der Waals surface area contributed by atoms with Gasteiger partial charge in [0.2, 0.25) is 0 Å². The summed E-state index contributed by atoms with van der Waals surface area (Å²) >= 11 is 0. The van der Waals surface area contributed by atoms with Crippen molar-refractivity contribution in [2.75, 3.05) is 46.4 Å². The molecular formula is C16H22N2O3. The summed E-state index contributed by atoms with van der Waals surface area (Å²) in [5.74, 6) is 1.42. The Balaban J connectivity index is 1.60. The lowest BCUT2D eigenvalue weighted by Crippen LogP contribution is -2.35. The second-order valence-electron chi connectivity index (χ2n) is 5.63. The molecule has 1 aromatic carbocycles. The molecule has 0 N–H and O–H groups in total. The van der Waals surface area contributed by atoms with E-state index in [9.17, 15) is 4.79 Å². The van der Waals surface area contributed by atoms with Gasteiger partial charge >= 0.3 is 0 Å². The van der Waals surface area contributed by atoms with Crippen LogP contribution in [0.15, 0.2) is 18.2 Å². The monoisotopic (exact) mass is 290 g/mol. The topological polar surface area (TPSA) is 42.0 Å². The molecule has 1 saturated heterocycles. The van der Waals surface area contributed by atoms with E-state index in [2.05, 4.69) is 4.90 Å². The van der Waals surface area contributed by atoms with E-state index in [-0.39, 0.29) is 5.91 Å². The third-order valence-corrected chi connectivity index (χ3v) is 4.09. The van der Waals surface area contributed by atoms with Gasteiger partial charge in [-0.25, -0.2) is 0 Å². The van der Waals surface area contributed by atoms with E-state index in [1.54, 1.807) is 11.0 Å². The second-order valence-corrected chi connectivity index (χ2v) is 5.63. The van der Waals surface area contributed by atoms with Crippen LogP contribution in [0.5, 0.6) is 11.5 Å². The van der Waals surface area contributed by atoms with Crippen LogP contribution >= 0.6 is 0 Å². The first-order chi connectivity index (χ1) is 10.2. The van der Waals surface area contributed by atoms with Gasteiger partial charge in [-0.2, -0.15) is 0 Å². The van der Waals surface area contributed by atoms with Crippen LogP contribution in [-0.4, -0.2) is 62.1 Å². The molecule has 2 heterocycles. The quantitative estimate of drug-likeness (QED) is 0.845. The van der Waals surface area contributed by atoms with Crippen LogP contribution in [0, 0.1) is 0 Å². The summed E-state index contributed by atoms with van der Waals surface area (Å²) in [6, 6.07) is 5.40. The number of amides is 1.